The number of aliphatic hydroxyl groups is 1. The first-order valence-corrected chi connectivity index (χ1v) is 18.2. The normalized spacial score (nSPS) is 25.8. The lowest BCUT2D eigenvalue weighted by Gasteiger charge is -2.37. The van der Waals surface area contributed by atoms with Crippen molar-refractivity contribution in [2.75, 3.05) is 33.4 Å². The summed E-state index contributed by atoms with van der Waals surface area (Å²) in [6, 6.07) is 14.4. The van der Waals surface area contributed by atoms with Gasteiger partial charge >= 0.3 is 5.97 Å². The van der Waals surface area contributed by atoms with Crippen LogP contribution in [0.15, 0.2) is 79.9 Å². The zero-order valence-corrected chi connectivity index (χ0v) is 30.5. The fourth-order valence-corrected chi connectivity index (χ4v) is 8.82. The molecule has 6 rings (SSSR count). The number of fused-ring (bicyclic) bond motifs is 2. The van der Waals surface area contributed by atoms with Crippen molar-refractivity contribution >= 4 is 50.7 Å². The topological polar surface area (TPSA) is 165 Å². The highest BCUT2D eigenvalue weighted by Gasteiger charge is 2.77. The zero-order chi connectivity index (χ0) is 37.0. The zero-order valence-electron chi connectivity index (χ0n) is 28.9. The highest BCUT2D eigenvalue weighted by molar-refractivity contribution is 9.09. The average molecular weight is 780 g/mol. The van der Waals surface area contributed by atoms with Gasteiger partial charge in [-0.3, -0.25) is 19.2 Å². The van der Waals surface area contributed by atoms with E-state index in [1.165, 1.54) is 16.9 Å². The number of carbonyl (C=O) groups is 4. The van der Waals surface area contributed by atoms with Crippen molar-refractivity contribution < 1.29 is 38.5 Å². The van der Waals surface area contributed by atoms with Gasteiger partial charge in [0.25, 0.3) is 0 Å². The van der Waals surface area contributed by atoms with Gasteiger partial charge in [0.05, 0.1) is 42.7 Å². The molecule has 8 atom stereocenters. The molecule has 2 bridgehead atoms. The third-order valence-corrected chi connectivity index (χ3v) is 10.9. The second kappa shape index (κ2) is 16.1. The lowest BCUT2D eigenvalue weighted by atomic mass is 9.70. The van der Waals surface area contributed by atoms with Crippen molar-refractivity contribution in [1.29, 1.82) is 0 Å². The predicted octanol–water partition coefficient (Wildman–Crippen LogP) is 2.53. The van der Waals surface area contributed by atoms with E-state index in [1.54, 1.807) is 41.1 Å². The van der Waals surface area contributed by atoms with Gasteiger partial charge in [-0.05, 0) is 30.5 Å². The number of alkyl halides is 1. The number of esters is 1. The SMILES string of the molecule is C=CCCC(=O)N[C@H](COC)[C@H](OC(=O)[C@@H]1[C@H]2O[C@@]3(CC2Br)[C@H](C(=O)N(CC=C)Cn2nnc4ccccc42)N(CCO)C(=O)[C@@H]13)c1ccccc1. The molecule has 276 valence electrons. The van der Waals surface area contributed by atoms with Crippen LogP contribution >= 0.6 is 15.9 Å². The van der Waals surface area contributed by atoms with E-state index in [4.69, 9.17) is 14.2 Å². The van der Waals surface area contributed by atoms with Gasteiger partial charge in [0.15, 0.2) is 0 Å². The van der Waals surface area contributed by atoms with E-state index in [0.717, 1.165) is 0 Å². The van der Waals surface area contributed by atoms with Crippen molar-refractivity contribution in [3.63, 3.8) is 0 Å². The number of halogens is 1. The molecule has 3 aliphatic heterocycles. The molecule has 2 aromatic carbocycles. The van der Waals surface area contributed by atoms with Crippen LogP contribution < -0.4 is 5.32 Å². The van der Waals surface area contributed by atoms with Crippen LogP contribution in [0.3, 0.4) is 0 Å². The van der Waals surface area contributed by atoms with Crippen LogP contribution in [-0.2, 0) is 40.1 Å². The van der Waals surface area contributed by atoms with Crippen LogP contribution in [0, 0.1) is 11.8 Å². The largest absolute Gasteiger partial charge is 0.455 e. The number of benzene rings is 2. The first kappa shape index (κ1) is 37.3. The Morgan fingerprint density at radius 2 is 1.92 bits per heavy atom. The number of β-amino-alcohol motifs (C(OH)–C–C–N with tert-alkyl or cyclic N) is 1. The van der Waals surface area contributed by atoms with E-state index in [2.05, 4.69) is 44.7 Å². The highest BCUT2D eigenvalue weighted by atomic mass is 79.9. The standard InChI is InChI=1S/C37H43BrN6O8/c1-4-6-16-28(46)39-26(21-50-3)31(23-12-8-7-9-13-23)51-36(49)29-30-34(47)43(18-19-45)33(37(30)20-24(38)32(29)52-37)35(48)42(17-5-2)22-44-27-15-11-10-14-25(27)40-41-44/h4-5,7-15,24,26,29-33,45H,1-2,6,16-22H2,3H3,(H,39,46)/t24?,26-,29+,30-,31-,32+,33+,37-/m1/s1. The molecular formula is C37H43BrN6O8. The van der Waals surface area contributed by atoms with Crippen molar-refractivity contribution in [2.24, 2.45) is 11.8 Å². The number of hydrogen-bond donors (Lipinski definition) is 2. The Morgan fingerprint density at radius 1 is 1.17 bits per heavy atom. The smallest absolute Gasteiger partial charge is 0.313 e. The molecule has 0 saturated carbocycles. The van der Waals surface area contributed by atoms with Gasteiger partial charge < -0.3 is 34.4 Å². The number of amides is 3. The molecule has 15 heteroatoms. The summed E-state index contributed by atoms with van der Waals surface area (Å²) in [6.45, 7) is 7.13. The maximum absolute atomic E-state index is 14.7. The fraction of sp³-hybridized carbons (Fsp3) is 0.459. The quantitative estimate of drug-likeness (QED) is 0.118. The second-order valence-electron chi connectivity index (χ2n) is 13.2. The number of nitrogens with zero attached hydrogens (tertiary/aromatic N) is 5. The summed E-state index contributed by atoms with van der Waals surface area (Å²) < 4.78 is 20.0. The second-order valence-corrected chi connectivity index (χ2v) is 14.4. The first-order valence-electron chi connectivity index (χ1n) is 17.2. The van der Waals surface area contributed by atoms with E-state index in [9.17, 15) is 24.3 Å². The summed E-state index contributed by atoms with van der Waals surface area (Å²) in [6.07, 6.45) is 2.37. The third kappa shape index (κ3) is 6.89. The van der Waals surface area contributed by atoms with Crippen molar-refractivity contribution in [3.05, 3.63) is 85.5 Å². The van der Waals surface area contributed by atoms with E-state index < -0.39 is 70.9 Å². The van der Waals surface area contributed by atoms with Gasteiger partial charge in [0.2, 0.25) is 17.7 Å². The number of allylic oxidation sites excluding steroid dienone is 1. The molecule has 0 aliphatic carbocycles. The molecular weight excluding hydrogens is 736 g/mol. The van der Waals surface area contributed by atoms with Crippen molar-refractivity contribution in [3.8, 4) is 0 Å². The van der Waals surface area contributed by atoms with Crippen LogP contribution in [0.2, 0.25) is 0 Å². The molecule has 2 N–H and O–H groups in total. The number of carbonyl (C=O) groups excluding carboxylic acids is 4. The number of aliphatic hydroxyl groups excluding tert-OH is 1. The maximum atomic E-state index is 14.7. The van der Waals surface area contributed by atoms with Crippen LogP contribution in [0.1, 0.15) is 30.9 Å². The lowest BCUT2D eigenvalue weighted by Crippen LogP contribution is -2.57. The summed E-state index contributed by atoms with van der Waals surface area (Å²) in [5.41, 5.74) is 0.588. The molecule has 3 saturated heterocycles. The molecule has 14 nitrogen and oxygen atoms in total. The molecule has 3 amide bonds. The Morgan fingerprint density at radius 3 is 2.63 bits per heavy atom. The summed E-state index contributed by atoms with van der Waals surface area (Å²) in [7, 11) is 1.49. The third-order valence-electron chi connectivity index (χ3n) is 10.0. The molecule has 1 aromatic heterocycles. The maximum Gasteiger partial charge on any atom is 0.313 e. The number of likely N-dealkylation sites (tertiary alicyclic amines) is 1. The number of nitrogens with one attached hydrogen (secondary N) is 1. The van der Waals surface area contributed by atoms with Gasteiger partial charge in [0.1, 0.15) is 29.9 Å². The van der Waals surface area contributed by atoms with Gasteiger partial charge in [-0.25, -0.2) is 4.68 Å². The van der Waals surface area contributed by atoms with Crippen LogP contribution in [0.5, 0.6) is 0 Å². The Kier molecular flexibility index (Phi) is 11.5. The van der Waals surface area contributed by atoms with Crippen LogP contribution in [-0.4, -0.2) is 116 Å². The van der Waals surface area contributed by atoms with E-state index >= 15 is 0 Å². The number of para-hydroxylation sites is 1. The monoisotopic (exact) mass is 778 g/mol. The molecule has 1 unspecified atom stereocenters. The van der Waals surface area contributed by atoms with Gasteiger partial charge in [-0.1, -0.05) is 75.8 Å². The Labute approximate surface area is 309 Å². The van der Waals surface area contributed by atoms with E-state index in [-0.39, 0.29) is 45.1 Å². The van der Waals surface area contributed by atoms with Crippen LogP contribution in [0.4, 0.5) is 0 Å². The molecule has 4 heterocycles. The molecule has 3 fully saturated rings. The number of aromatic nitrogens is 3. The molecule has 3 aliphatic rings. The minimum absolute atomic E-state index is 0.00850. The highest BCUT2D eigenvalue weighted by Crippen LogP contribution is 2.60. The first-order chi connectivity index (χ1) is 25.2. The minimum Gasteiger partial charge on any atom is -0.455 e. The summed E-state index contributed by atoms with van der Waals surface area (Å²) in [5.74, 6) is -4.07. The Bertz CT molecular complexity index is 1810. The molecule has 52 heavy (non-hydrogen) atoms. The van der Waals surface area contributed by atoms with Crippen molar-refractivity contribution in [1.82, 2.24) is 30.1 Å². The number of hydrogen-bond acceptors (Lipinski definition) is 10. The van der Waals surface area contributed by atoms with E-state index in [0.29, 0.717) is 23.0 Å². The lowest BCUT2D eigenvalue weighted by molar-refractivity contribution is -0.163. The van der Waals surface area contributed by atoms with Crippen molar-refractivity contribution in [2.45, 2.75) is 60.7 Å². The minimum atomic E-state index is -1.40. The van der Waals surface area contributed by atoms with Gasteiger partial charge in [0, 0.05) is 31.4 Å². The summed E-state index contributed by atoms with van der Waals surface area (Å²) >= 11 is 3.70. The number of methoxy groups -OCH3 is 1. The Hall–Kier alpha value is -4.44. The molecule has 3 aromatic rings. The Balaban J connectivity index is 1.32. The summed E-state index contributed by atoms with van der Waals surface area (Å²) in [5, 5.41) is 21.5. The van der Waals surface area contributed by atoms with Gasteiger partial charge in [-0.15, -0.1) is 18.3 Å². The molecule has 0 radical (unpaired) electrons. The summed E-state index contributed by atoms with van der Waals surface area (Å²) in [4.78, 5) is 58.9. The fourth-order valence-electron chi connectivity index (χ4n) is 7.88. The van der Waals surface area contributed by atoms with E-state index in [1.807, 2.05) is 30.3 Å². The molecule has 1 spiro atoms. The van der Waals surface area contributed by atoms with Gasteiger partial charge in [-0.2, -0.15) is 0 Å². The number of ether oxygens (including phenoxy) is 3. The average Bonchev–Trinajstić information content (AvgIpc) is 3.87. The van der Waals surface area contributed by atoms with Crippen LogP contribution in [0.25, 0.3) is 11.0 Å². The predicted molar refractivity (Wildman–Crippen MR) is 192 cm³/mol. The number of rotatable bonds is 17.